The number of hydrogen-bond donors (Lipinski definition) is 1. The van der Waals surface area contributed by atoms with E-state index in [1.165, 1.54) is 26.4 Å². The number of thiophene rings is 1. The maximum absolute atomic E-state index is 4.27. The summed E-state index contributed by atoms with van der Waals surface area (Å²) in [6.07, 6.45) is 3.83. The molecule has 0 saturated carbocycles. The monoisotopic (exact) mass is 260 g/mol. The zero-order chi connectivity index (χ0) is 13.1. The van der Waals surface area contributed by atoms with Gasteiger partial charge in [-0.2, -0.15) is 0 Å². The highest BCUT2D eigenvalue weighted by Gasteiger charge is 2.17. The van der Waals surface area contributed by atoms with Gasteiger partial charge < -0.3 is 5.32 Å². The molecule has 1 N–H and O–H groups in total. The third kappa shape index (κ3) is 2.62. The third-order valence-electron chi connectivity index (χ3n) is 3.27. The summed E-state index contributed by atoms with van der Waals surface area (Å²) in [5, 5.41) is 3.57. The Hall–Kier alpha value is -1.19. The van der Waals surface area contributed by atoms with Crippen molar-refractivity contribution in [2.24, 2.45) is 0 Å². The minimum Gasteiger partial charge on any atom is -0.306 e. The first-order chi connectivity index (χ1) is 8.63. The van der Waals surface area contributed by atoms with Crippen molar-refractivity contribution < 1.29 is 0 Å². The molecule has 0 saturated heterocycles. The van der Waals surface area contributed by atoms with Crippen LogP contribution in [0.5, 0.6) is 0 Å². The number of aromatic nitrogens is 1. The summed E-state index contributed by atoms with van der Waals surface area (Å²) in [4.78, 5) is 7.04. The van der Waals surface area contributed by atoms with Gasteiger partial charge in [-0.25, -0.2) is 0 Å². The molecule has 1 unspecified atom stereocenters. The summed E-state index contributed by atoms with van der Waals surface area (Å²) >= 11 is 1.88. The molecular weight excluding hydrogens is 240 g/mol. The number of pyridine rings is 1. The lowest BCUT2D eigenvalue weighted by Crippen LogP contribution is -2.22. The molecule has 0 spiro atoms. The number of aryl methyl sites for hydroxylation is 3. The van der Waals surface area contributed by atoms with Gasteiger partial charge in [0.15, 0.2) is 0 Å². The highest BCUT2D eigenvalue weighted by molar-refractivity contribution is 7.12. The molecule has 2 aromatic heterocycles. The van der Waals surface area contributed by atoms with Gasteiger partial charge in [-0.1, -0.05) is 6.92 Å². The maximum atomic E-state index is 4.27. The van der Waals surface area contributed by atoms with E-state index in [0.29, 0.717) is 0 Å². The first-order valence-corrected chi connectivity index (χ1v) is 7.16. The zero-order valence-corrected chi connectivity index (χ0v) is 12.3. The van der Waals surface area contributed by atoms with Crippen LogP contribution in [0.4, 0.5) is 0 Å². The van der Waals surface area contributed by atoms with E-state index in [9.17, 15) is 0 Å². The first-order valence-electron chi connectivity index (χ1n) is 6.34. The Labute approximate surface area is 113 Å². The van der Waals surface area contributed by atoms with Crippen LogP contribution in [0.25, 0.3) is 0 Å². The van der Waals surface area contributed by atoms with Crippen LogP contribution in [0.2, 0.25) is 0 Å². The minimum atomic E-state index is 0.265. The summed E-state index contributed by atoms with van der Waals surface area (Å²) in [7, 11) is 0. The second kappa shape index (κ2) is 5.63. The molecule has 2 nitrogen and oxygen atoms in total. The Morgan fingerprint density at radius 1 is 1.28 bits per heavy atom. The van der Waals surface area contributed by atoms with E-state index in [2.05, 4.69) is 50.1 Å². The smallest absolute Gasteiger partial charge is 0.0688 e. The molecular formula is C15H20N2S. The third-order valence-corrected chi connectivity index (χ3v) is 4.49. The van der Waals surface area contributed by atoms with E-state index >= 15 is 0 Å². The fourth-order valence-corrected chi connectivity index (χ4v) is 3.23. The summed E-state index contributed by atoms with van der Waals surface area (Å²) in [6.45, 7) is 9.60. The molecule has 2 aromatic rings. The van der Waals surface area contributed by atoms with Crippen LogP contribution in [-0.4, -0.2) is 11.5 Å². The molecule has 3 heteroatoms. The van der Waals surface area contributed by atoms with Crippen LogP contribution in [0.15, 0.2) is 24.5 Å². The van der Waals surface area contributed by atoms with Crippen molar-refractivity contribution in [2.75, 3.05) is 6.54 Å². The van der Waals surface area contributed by atoms with E-state index in [1.807, 2.05) is 23.7 Å². The van der Waals surface area contributed by atoms with Gasteiger partial charge in [0.25, 0.3) is 0 Å². The van der Waals surface area contributed by atoms with Gasteiger partial charge in [0, 0.05) is 22.1 Å². The Kier molecular flexibility index (Phi) is 4.15. The van der Waals surface area contributed by atoms with E-state index in [1.54, 1.807) is 0 Å². The fourth-order valence-electron chi connectivity index (χ4n) is 2.09. The summed E-state index contributed by atoms with van der Waals surface area (Å²) in [5.41, 5.74) is 3.94. The van der Waals surface area contributed by atoms with E-state index in [-0.39, 0.29) is 6.04 Å². The van der Waals surface area contributed by atoms with Crippen LogP contribution in [-0.2, 0) is 0 Å². The molecule has 0 aromatic carbocycles. The quantitative estimate of drug-likeness (QED) is 0.905. The van der Waals surface area contributed by atoms with E-state index in [4.69, 9.17) is 0 Å². The number of hydrogen-bond acceptors (Lipinski definition) is 3. The molecule has 0 aliphatic carbocycles. The molecule has 96 valence electrons. The minimum absolute atomic E-state index is 0.265. The van der Waals surface area contributed by atoms with Crippen molar-refractivity contribution in [3.8, 4) is 0 Å². The molecule has 2 heterocycles. The lowest BCUT2D eigenvalue weighted by atomic mass is 10.0. The number of nitrogens with zero attached hydrogens (tertiary/aromatic N) is 1. The molecule has 0 aliphatic rings. The average Bonchev–Trinajstić information content (AvgIpc) is 2.68. The number of rotatable bonds is 4. The van der Waals surface area contributed by atoms with Gasteiger partial charge in [0.2, 0.25) is 0 Å². The topological polar surface area (TPSA) is 24.9 Å². The fraction of sp³-hybridized carbons (Fsp3) is 0.400. The average molecular weight is 260 g/mol. The lowest BCUT2D eigenvalue weighted by molar-refractivity contribution is 0.634. The van der Waals surface area contributed by atoms with Gasteiger partial charge in [-0.3, -0.25) is 4.98 Å². The van der Waals surface area contributed by atoms with Gasteiger partial charge >= 0.3 is 0 Å². The molecule has 0 aliphatic heterocycles. The lowest BCUT2D eigenvalue weighted by Gasteiger charge is -2.18. The largest absolute Gasteiger partial charge is 0.306 e. The van der Waals surface area contributed by atoms with Crippen LogP contribution < -0.4 is 5.32 Å². The Morgan fingerprint density at radius 3 is 2.61 bits per heavy atom. The zero-order valence-electron chi connectivity index (χ0n) is 11.4. The highest BCUT2D eigenvalue weighted by atomic mass is 32.1. The van der Waals surface area contributed by atoms with Crippen molar-refractivity contribution in [3.63, 3.8) is 0 Å². The molecule has 18 heavy (non-hydrogen) atoms. The van der Waals surface area contributed by atoms with Gasteiger partial charge in [-0.05, 0) is 56.1 Å². The van der Waals surface area contributed by atoms with Gasteiger partial charge in [-0.15, -0.1) is 11.3 Å². The van der Waals surface area contributed by atoms with Gasteiger partial charge in [0.1, 0.15) is 0 Å². The molecule has 0 bridgehead atoms. The predicted octanol–water partition coefficient (Wildman–Crippen LogP) is 3.77. The Bertz CT molecular complexity index is 512. The van der Waals surface area contributed by atoms with Crippen molar-refractivity contribution in [3.05, 3.63) is 51.0 Å². The van der Waals surface area contributed by atoms with Crippen molar-refractivity contribution >= 4 is 11.3 Å². The highest BCUT2D eigenvalue weighted by Crippen LogP contribution is 2.31. The Morgan fingerprint density at radius 2 is 2.06 bits per heavy atom. The van der Waals surface area contributed by atoms with Crippen molar-refractivity contribution in [1.82, 2.24) is 10.3 Å². The van der Waals surface area contributed by atoms with Crippen LogP contribution in [0.1, 0.15) is 39.4 Å². The van der Waals surface area contributed by atoms with E-state index in [0.717, 1.165) is 6.54 Å². The normalized spacial score (nSPS) is 12.7. The van der Waals surface area contributed by atoms with Crippen LogP contribution >= 0.6 is 11.3 Å². The predicted molar refractivity (Wildman–Crippen MR) is 78.3 cm³/mol. The van der Waals surface area contributed by atoms with Gasteiger partial charge in [0.05, 0.1) is 6.04 Å². The summed E-state index contributed by atoms with van der Waals surface area (Å²) in [6, 6.07) is 4.63. The van der Waals surface area contributed by atoms with Crippen LogP contribution in [0, 0.1) is 20.8 Å². The maximum Gasteiger partial charge on any atom is 0.0688 e. The molecule has 1 atom stereocenters. The van der Waals surface area contributed by atoms with Crippen molar-refractivity contribution in [1.29, 1.82) is 0 Å². The number of nitrogens with one attached hydrogen (secondary N) is 1. The SMILES string of the molecule is CCNC(c1cc(C)c(C)s1)c1cnccc1C. The molecule has 0 amide bonds. The standard InChI is InChI=1S/C15H20N2S/c1-5-17-15(13-9-16-7-6-10(13)2)14-8-11(3)12(4)18-14/h6-9,15,17H,5H2,1-4H3. The van der Waals surface area contributed by atoms with Crippen LogP contribution in [0.3, 0.4) is 0 Å². The summed E-state index contributed by atoms with van der Waals surface area (Å²) < 4.78 is 0. The first kappa shape index (κ1) is 13.2. The molecule has 0 radical (unpaired) electrons. The summed E-state index contributed by atoms with van der Waals surface area (Å²) in [5.74, 6) is 0. The molecule has 2 rings (SSSR count). The second-order valence-electron chi connectivity index (χ2n) is 4.61. The van der Waals surface area contributed by atoms with E-state index < -0.39 is 0 Å². The van der Waals surface area contributed by atoms with Crippen molar-refractivity contribution in [2.45, 2.75) is 33.7 Å². The molecule has 0 fully saturated rings. The Balaban J connectivity index is 2.43. The second-order valence-corrected chi connectivity index (χ2v) is 5.90.